The van der Waals surface area contributed by atoms with E-state index in [1.807, 2.05) is 13.0 Å². The highest BCUT2D eigenvalue weighted by Gasteiger charge is 2.15. The Balaban J connectivity index is 3.01. The minimum atomic E-state index is -0.426. The number of anilines is 1. The summed E-state index contributed by atoms with van der Waals surface area (Å²) in [5.41, 5.74) is 1.50. The van der Waals surface area contributed by atoms with Crippen molar-refractivity contribution >= 4 is 17.3 Å². The Morgan fingerprint density at radius 2 is 2.05 bits per heavy atom. The summed E-state index contributed by atoms with van der Waals surface area (Å²) >= 11 is 0. The van der Waals surface area contributed by atoms with Crippen LogP contribution in [0.4, 0.5) is 11.4 Å². The van der Waals surface area contributed by atoms with E-state index in [4.69, 9.17) is 4.74 Å². The molecule has 0 aliphatic carbocycles. The number of nitrogens with zero attached hydrogens (tertiary/aromatic N) is 2. The van der Waals surface area contributed by atoms with Crippen molar-refractivity contribution in [2.45, 2.75) is 27.2 Å². The first-order chi connectivity index (χ1) is 9.47. The highest BCUT2D eigenvalue weighted by atomic mass is 16.6. The number of benzene rings is 1. The molecular weight excluding hydrogens is 260 g/mol. The van der Waals surface area contributed by atoms with Crippen molar-refractivity contribution in [1.29, 1.82) is 0 Å². The lowest BCUT2D eigenvalue weighted by atomic mass is 10.1. The van der Waals surface area contributed by atoms with Crippen molar-refractivity contribution in [1.82, 2.24) is 0 Å². The van der Waals surface area contributed by atoms with Gasteiger partial charge in [-0.25, -0.2) is 0 Å². The zero-order chi connectivity index (χ0) is 15.1. The van der Waals surface area contributed by atoms with Crippen LogP contribution in [-0.4, -0.2) is 30.6 Å². The Morgan fingerprint density at radius 1 is 1.35 bits per heavy atom. The van der Waals surface area contributed by atoms with Gasteiger partial charge in [-0.2, -0.15) is 0 Å². The average molecular weight is 280 g/mol. The van der Waals surface area contributed by atoms with Crippen LogP contribution in [0.15, 0.2) is 18.2 Å². The van der Waals surface area contributed by atoms with E-state index in [9.17, 15) is 14.9 Å². The summed E-state index contributed by atoms with van der Waals surface area (Å²) in [5.74, 6) is -0.329. The summed E-state index contributed by atoms with van der Waals surface area (Å²) in [6, 6.07) is 4.84. The molecule has 20 heavy (non-hydrogen) atoms. The average Bonchev–Trinajstić information content (AvgIpc) is 2.37. The van der Waals surface area contributed by atoms with Gasteiger partial charge in [0.05, 0.1) is 11.5 Å². The molecule has 1 aromatic rings. The van der Waals surface area contributed by atoms with E-state index in [-0.39, 0.29) is 18.2 Å². The zero-order valence-electron chi connectivity index (χ0n) is 12.1. The number of nitro groups is 1. The van der Waals surface area contributed by atoms with Crippen LogP contribution in [0.3, 0.4) is 0 Å². The van der Waals surface area contributed by atoms with E-state index in [0.29, 0.717) is 18.8 Å². The van der Waals surface area contributed by atoms with E-state index in [1.54, 1.807) is 18.7 Å². The minimum absolute atomic E-state index is 0.0324. The molecule has 0 bridgehead atoms. The molecule has 6 heteroatoms. The predicted octanol–water partition coefficient (Wildman–Crippen LogP) is 2.68. The second kappa shape index (κ2) is 7.47. The van der Waals surface area contributed by atoms with Gasteiger partial charge in [0.2, 0.25) is 0 Å². The van der Waals surface area contributed by atoms with Crippen LogP contribution >= 0.6 is 0 Å². The molecule has 1 rings (SSSR count). The summed E-state index contributed by atoms with van der Waals surface area (Å²) in [6.45, 7) is 6.60. The summed E-state index contributed by atoms with van der Waals surface area (Å²) in [5, 5.41) is 10.9. The zero-order valence-corrected chi connectivity index (χ0v) is 12.1. The molecular formula is C14H20N2O4. The second-order valence-corrected chi connectivity index (χ2v) is 4.51. The molecule has 110 valence electrons. The monoisotopic (exact) mass is 280 g/mol. The molecule has 0 aliphatic heterocycles. The van der Waals surface area contributed by atoms with E-state index in [0.717, 1.165) is 12.0 Å². The van der Waals surface area contributed by atoms with Gasteiger partial charge in [-0.05, 0) is 31.9 Å². The van der Waals surface area contributed by atoms with Gasteiger partial charge in [0.1, 0.15) is 6.54 Å². The fraction of sp³-hybridized carbons (Fsp3) is 0.500. The Hall–Kier alpha value is -2.11. The number of carbonyl (C=O) groups is 1. The lowest BCUT2D eigenvalue weighted by Gasteiger charge is -2.23. The van der Waals surface area contributed by atoms with Crippen molar-refractivity contribution in [2.24, 2.45) is 0 Å². The number of hydrogen-bond donors (Lipinski definition) is 0. The first-order valence-corrected chi connectivity index (χ1v) is 6.64. The molecule has 0 fully saturated rings. The predicted molar refractivity (Wildman–Crippen MR) is 77.0 cm³/mol. The summed E-state index contributed by atoms with van der Waals surface area (Å²) in [7, 11) is 0. The third-order valence-electron chi connectivity index (χ3n) is 2.74. The molecule has 0 saturated heterocycles. The van der Waals surface area contributed by atoms with Crippen LogP contribution < -0.4 is 4.90 Å². The summed E-state index contributed by atoms with van der Waals surface area (Å²) in [6.07, 6.45) is 0.834. The molecule has 1 aromatic carbocycles. The van der Waals surface area contributed by atoms with Crippen molar-refractivity contribution in [2.75, 3.05) is 24.6 Å². The number of aryl methyl sites for hydroxylation is 1. The third kappa shape index (κ3) is 4.53. The standard InChI is InChI=1S/C14H20N2O4/c1-4-6-15(10-14(17)20-5-2)12-7-11(3)8-13(9-12)16(18)19/h7-9H,4-6,10H2,1-3H3. The van der Waals surface area contributed by atoms with Gasteiger partial charge in [0.15, 0.2) is 0 Å². The smallest absolute Gasteiger partial charge is 0.325 e. The van der Waals surface area contributed by atoms with Gasteiger partial charge in [-0.1, -0.05) is 6.92 Å². The molecule has 0 unspecified atom stereocenters. The van der Waals surface area contributed by atoms with Crippen LogP contribution in [0.2, 0.25) is 0 Å². The third-order valence-corrected chi connectivity index (χ3v) is 2.74. The van der Waals surface area contributed by atoms with Crippen molar-refractivity contribution in [3.05, 3.63) is 33.9 Å². The molecule has 6 nitrogen and oxygen atoms in total. The van der Waals surface area contributed by atoms with Gasteiger partial charge >= 0.3 is 5.97 Å². The molecule has 0 radical (unpaired) electrons. The van der Waals surface area contributed by atoms with Gasteiger partial charge in [-0.15, -0.1) is 0 Å². The van der Waals surface area contributed by atoms with Crippen LogP contribution in [0.25, 0.3) is 0 Å². The maximum Gasteiger partial charge on any atom is 0.325 e. The normalized spacial score (nSPS) is 10.2. The molecule has 0 aliphatic rings. The van der Waals surface area contributed by atoms with E-state index in [1.165, 1.54) is 12.1 Å². The molecule has 0 saturated carbocycles. The number of rotatable bonds is 7. The number of esters is 1. The molecule has 0 spiro atoms. The minimum Gasteiger partial charge on any atom is -0.465 e. The molecule has 0 atom stereocenters. The Morgan fingerprint density at radius 3 is 2.60 bits per heavy atom. The molecule has 0 amide bonds. The number of carbonyl (C=O) groups excluding carboxylic acids is 1. The second-order valence-electron chi connectivity index (χ2n) is 4.51. The van der Waals surface area contributed by atoms with Crippen molar-refractivity contribution < 1.29 is 14.5 Å². The van der Waals surface area contributed by atoms with Crippen LogP contribution in [0.1, 0.15) is 25.8 Å². The van der Waals surface area contributed by atoms with Crippen molar-refractivity contribution in [3.8, 4) is 0 Å². The first-order valence-electron chi connectivity index (χ1n) is 6.64. The topological polar surface area (TPSA) is 72.7 Å². The summed E-state index contributed by atoms with van der Waals surface area (Å²) < 4.78 is 4.93. The number of nitro benzene ring substituents is 1. The maximum atomic E-state index is 11.6. The highest BCUT2D eigenvalue weighted by molar-refractivity contribution is 5.76. The van der Waals surface area contributed by atoms with E-state index < -0.39 is 4.92 Å². The first kappa shape index (κ1) is 15.9. The Bertz CT molecular complexity index is 488. The molecule has 0 aromatic heterocycles. The van der Waals surface area contributed by atoms with Gasteiger partial charge < -0.3 is 9.64 Å². The van der Waals surface area contributed by atoms with Crippen LogP contribution in [-0.2, 0) is 9.53 Å². The lowest BCUT2D eigenvalue weighted by Crippen LogP contribution is -2.31. The fourth-order valence-corrected chi connectivity index (χ4v) is 1.96. The van der Waals surface area contributed by atoms with Gasteiger partial charge in [-0.3, -0.25) is 14.9 Å². The fourth-order valence-electron chi connectivity index (χ4n) is 1.96. The van der Waals surface area contributed by atoms with E-state index >= 15 is 0 Å². The van der Waals surface area contributed by atoms with Crippen molar-refractivity contribution in [3.63, 3.8) is 0 Å². The van der Waals surface area contributed by atoms with Crippen LogP contribution in [0, 0.1) is 17.0 Å². The van der Waals surface area contributed by atoms with E-state index in [2.05, 4.69) is 0 Å². The largest absolute Gasteiger partial charge is 0.465 e. The number of ether oxygens (including phenoxy) is 1. The lowest BCUT2D eigenvalue weighted by molar-refractivity contribution is -0.384. The quantitative estimate of drug-likeness (QED) is 0.436. The SMILES string of the molecule is CCCN(CC(=O)OCC)c1cc(C)cc([N+](=O)[O-])c1. The number of non-ortho nitro benzene ring substituents is 1. The van der Waals surface area contributed by atoms with Gasteiger partial charge in [0, 0.05) is 24.4 Å². The summed E-state index contributed by atoms with van der Waals surface area (Å²) in [4.78, 5) is 23.9. The van der Waals surface area contributed by atoms with Crippen LogP contribution in [0.5, 0.6) is 0 Å². The number of hydrogen-bond acceptors (Lipinski definition) is 5. The molecule has 0 heterocycles. The van der Waals surface area contributed by atoms with Gasteiger partial charge in [0.25, 0.3) is 5.69 Å². The molecule has 0 N–H and O–H groups in total. The Labute approximate surface area is 118 Å². The Kier molecular flexibility index (Phi) is 5.96. The maximum absolute atomic E-state index is 11.6. The highest BCUT2D eigenvalue weighted by Crippen LogP contribution is 2.24.